The third-order valence-corrected chi connectivity index (χ3v) is 9.18. The first kappa shape index (κ1) is 20.6. The molecule has 2 saturated carbocycles. The van der Waals surface area contributed by atoms with Crippen LogP contribution in [0.15, 0.2) is 23.1 Å². The second-order valence-corrected chi connectivity index (χ2v) is 11.3. The van der Waals surface area contributed by atoms with Crippen molar-refractivity contribution < 1.29 is 13.2 Å². The van der Waals surface area contributed by atoms with Gasteiger partial charge in [-0.1, -0.05) is 17.7 Å². The summed E-state index contributed by atoms with van der Waals surface area (Å²) in [7, 11) is 0.690. The van der Waals surface area contributed by atoms with Gasteiger partial charge in [0, 0.05) is 30.8 Å². The van der Waals surface area contributed by atoms with Crippen LogP contribution in [-0.4, -0.2) is 63.6 Å². The first-order valence-electron chi connectivity index (χ1n) is 10.3. The summed E-state index contributed by atoms with van der Waals surface area (Å²) in [6.07, 6.45) is 4.72. The maximum atomic E-state index is 13.3. The van der Waals surface area contributed by atoms with Crippen molar-refractivity contribution in [1.82, 2.24) is 9.21 Å². The number of halogens is 1. The van der Waals surface area contributed by atoms with E-state index in [4.69, 9.17) is 16.3 Å². The summed E-state index contributed by atoms with van der Waals surface area (Å²) in [5.41, 5.74) is 0.635. The average molecular weight is 427 g/mol. The van der Waals surface area contributed by atoms with Crippen molar-refractivity contribution >= 4 is 21.6 Å². The molecule has 3 fully saturated rings. The van der Waals surface area contributed by atoms with Crippen molar-refractivity contribution in [1.29, 1.82) is 0 Å². The lowest BCUT2D eigenvalue weighted by Crippen LogP contribution is -2.48. The van der Waals surface area contributed by atoms with Gasteiger partial charge in [0.1, 0.15) is 0 Å². The zero-order valence-corrected chi connectivity index (χ0v) is 18.5. The minimum atomic E-state index is -3.53. The molecular formula is C21H31ClN2O3S. The lowest BCUT2D eigenvalue weighted by atomic mass is 9.77. The van der Waals surface area contributed by atoms with Gasteiger partial charge in [0.15, 0.2) is 0 Å². The van der Waals surface area contributed by atoms with E-state index in [1.807, 2.05) is 0 Å². The minimum absolute atomic E-state index is 0.201. The molecule has 7 heteroatoms. The maximum absolute atomic E-state index is 13.3. The van der Waals surface area contributed by atoms with Crippen molar-refractivity contribution in [3.63, 3.8) is 0 Å². The standard InChI is InChI=1S/C21H31ClN2O3S/c1-14-18(22)5-4-6-21(14)28(25,26)24-11-16-9-19(23(2)3)20(10-17(16)12-24)27-13-15-7-8-15/h4-6,15-17,19-20H,7-13H2,1-3H3/t16-,17+,19-,20-/m1/s1. The van der Waals surface area contributed by atoms with Crippen molar-refractivity contribution in [2.24, 2.45) is 17.8 Å². The highest BCUT2D eigenvalue weighted by atomic mass is 35.5. The second-order valence-electron chi connectivity index (χ2n) is 9.02. The lowest BCUT2D eigenvalue weighted by Gasteiger charge is -2.41. The monoisotopic (exact) mass is 426 g/mol. The first-order chi connectivity index (χ1) is 13.3. The normalized spacial score (nSPS) is 31.3. The van der Waals surface area contributed by atoms with Gasteiger partial charge in [-0.2, -0.15) is 4.31 Å². The summed E-state index contributed by atoms with van der Waals surface area (Å²) >= 11 is 6.18. The topological polar surface area (TPSA) is 49.9 Å². The van der Waals surface area contributed by atoms with E-state index >= 15 is 0 Å². The quantitative estimate of drug-likeness (QED) is 0.699. The number of fused-ring (bicyclic) bond motifs is 1. The van der Waals surface area contributed by atoms with Crippen LogP contribution in [0.2, 0.25) is 5.02 Å². The van der Waals surface area contributed by atoms with Gasteiger partial charge in [-0.15, -0.1) is 0 Å². The number of likely N-dealkylation sites (N-methyl/N-ethyl adjacent to an activating group) is 1. The van der Waals surface area contributed by atoms with Crippen LogP contribution < -0.4 is 0 Å². The highest BCUT2D eigenvalue weighted by molar-refractivity contribution is 7.89. The Bertz CT molecular complexity index is 825. The molecule has 1 aliphatic heterocycles. The van der Waals surface area contributed by atoms with E-state index in [9.17, 15) is 8.42 Å². The molecule has 0 amide bonds. The molecule has 1 heterocycles. The summed E-state index contributed by atoms with van der Waals surface area (Å²) in [6, 6.07) is 5.48. The van der Waals surface area contributed by atoms with Gasteiger partial charge >= 0.3 is 0 Å². The van der Waals surface area contributed by atoms with E-state index in [0.29, 0.717) is 46.4 Å². The summed E-state index contributed by atoms with van der Waals surface area (Å²) in [5.74, 6) is 1.50. The molecule has 0 radical (unpaired) electrons. The molecule has 5 nitrogen and oxygen atoms in total. The molecule has 0 bridgehead atoms. The number of nitrogens with zero attached hydrogens (tertiary/aromatic N) is 2. The second kappa shape index (κ2) is 7.88. The van der Waals surface area contributed by atoms with Crippen LogP contribution in [0.1, 0.15) is 31.2 Å². The van der Waals surface area contributed by atoms with Crippen LogP contribution >= 0.6 is 11.6 Å². The van der Waals surface area contributed by atoms with Crippen molar-refractivity contribution in [2.75, 3.05) is 33.8 Å². The number of benzene rings is 1. The van der Waals surface area contributed by atoms with E-state index in [-0.39, 0.29) is 6.10 Å². The highest BCUT2D eigenvalue weighted by Crippen LogP contribution is 2.42. The van der Waals surface area contributed by atoms with Crippen molar-refractivity contribution in [2.45, 2.75) is 49.6 Å². The molecule has 0 aromatic heterocycles. The zero-order valence-electron chi connectivity index (χ0n) is 17.0. The van der Waals surface area contributed by atoms with E-state index in [1.165, 1.54) is 12.8 Å². The van der Waals surface area contributed by atoms with E-state index in [2.05, 4.69) is 19.0 Å². The maximum Gasteiger partial charge on any atom is 0.243 e. The Labute approximate surface area is 174 Å². The van der Waals surface area contributed by atoms with E-state index in [1.54, 1.807) is 29.4 Å². The van der Waals surface area contributed by atoms with Gasteiger partial charge in [-0.25, -0.2) is 8.42 Å². The summed E-state index contributed by atoms with van der Waals surface area (Å²) < 4.78 is 34.6. The predicted octanol–water partition coefficient (Wildman–Crippen LogP) is 3.40. The van der Waals surface area contributed by atoms with Gasteiger partial charge in [0.2, 0.25) is 10.0 Å². The molecule has 1 aromatic rings. The minimum Gasteiger partial charge on any atom is -0.376 e. The fourth-order valence-corrected chi connectivity index (χ4v) is 6.85. The van der Waals surface area contributed by atoms with Crippen LogP contribution in [0.5, 0.6) is 0 Å². The first-order valence-corrected chi connectivity index (χ1v) is 12.1. The summed E-state index contributed by atoms with van der Waals surface area (Å²) in [5, 5.41) is 0.499. The summed E-state index contributed by atoms with van der Waals surface area (Å²) in [6.45, 7) is 3.82. The zero-order chi connectivity index (χ0) is 20.1. The summed E-state index contributed by atoms with van der Waals surface area (Å²) in [4.78, 5) is 2.59. The van der Waals surface area contributed by atoms with Crippen LogP contribution in [0.3, 0.4) is 0 Å². The van der Waals surface area contributed by atoms with Gasteiger partial charge in [0.25, 0.3) is 0 Å². The predicted molar refractivity (Wildman–Crippen MR) is 111 cm³/mol. The number of ether oxygens (including phenoxy) is 1. The Morgan fingerprint density at radius 3 is 2.50 bits per heavy atom. The molecule has 0 spiro atoms. The Morgan fingerprint density at radius 1 is 1.18 bits per heavy atom. The van der Waals surface area contributed by atoms with Gasteiger partial charge in [0.05, 0.1) is 11.0 Å². The molecule has 4 atom stereocenters. The lowest BCUT2D eigenvalue weighted by molar-refractivity contribution is -0.0493. The molecule has 0 unspecified atom stereocenters. The average Bonchev–Trinajstić information content (AvgIpc) is 3.37. The fraction of sp³-hybridized carbons (Fsp3) is 0.714. The Hall–Kier alpha value is -0.660. The SMILES string of the molecule is Cc1c(Cl)cccc1S(=O)(=O)N1C[C@H]2C[C@@H](N(C)C)[C@H](OCC3CC3)C[C@H]2C1. The van der Waals surface area contributed by atoms with Crippen LogP contribution in [0.4, 0.5) is 0 Å². The molecule has 1 aromatic carbocycles. The molecule has 156 valence electrons. The fourth-order valence-electron chi connectivity index (χ4n) is 4.82. The van der Waals surface area contributed by atoms with Crippen LogP contribution in [0.25, 0.3) is 0 Å². The Kier molecular flexibility index (Phi) is 5.80. The third kappa shape index (κ3) is 3.99. The number of hydrogen-bond donors (Lipinski definition) is 0. The van der Waals surface area contributed by atoms with Crippen molar-refractivity contribution in [3.8, 4) is 0 Å². The van der Waals surface area contributed by atoms with E-state index in [0.717, 1.165) is 25.4 Å². The molecule has 1 saturated heterocycles. The third-order valence-electron chi connectivity index (χ3n) is 6.79. The Balaban J connectivity index is 1.51. The van der Waals surface area contributed by atoms with Crippen LogP contribution in [0, 0.1) is 24.7 Å². The van der Waals surface area contributed by atoms with Crippen LogP contribution in [-0.2, 0) is 14.8 Å². The molecule has 3 aliphatic rings. The number of sulfonamides is 1. The molecule has 2 aliphatic carbocycles. The van der Waals surface area contributed by atoms with Gasteiger partial charge < -0.3 is 9.64 Å². The van der Waals surface area contributed by atoms with Crippen molar-refractivity contribution in [3.05, 3.63) is 28.8 Å². The molecule has 0 N–H and O–H groups in total. The van der Waals surface area contributed by atoms with E-state index < -0.39 is 10.0 Å². The molecular weight excluding hydrogens is 396 g/mol. The number of rotatable bonds is 6. The smallest absolute Gasteiger partial charge is 0.243 e. The molecule has 4 rings (SSSR count). The Morgan fingerprint density at radius 2 is 1.86 bits per heavy atom. The number of hydrogen-bond acceptors (Lipinski definition) is 4. The van der Waals surface area contributed by atoms with Gasteiger partial charge in [-0.05, 0) is 82.2 Å². The molecule has 28 heavy (non-hydrogen) atoms. The highest BCUT2D eigenvalue weighted by Gasteiger charge is 2.47. The van der Waals surface area contributed by atoms with Gasteiger partial charge in [-0.3, -0.25) is 0 Å². The largest absolute Gasteiger partial charge is 0.376 e.